The van der Waals surface area contributed by atoms with Crippen LogP contribution in [0.1, 0.15) is 0 Å². The highest BCUT2D eigenvalue weighted by atomic mass is 35.5. The molecule has 0 atom stereocenters. The fourth-order valence-corrected chi connectivity index (χ4v) is 13.4. The van der Waals surface area contributed by atoms with Crippen LogP contribution < -0.4 is 14.7 Å². The highest BCUT2D eigenvalue weighted by Gasteiger charge is 2.25. The first kappa shape index (κ1) is 55.4. The van der Waals surface area contributed by atoms with Gasteiger partial charge in [-0.1, -0.05) is 248 Å². The van der Waals surface area contributed by atoms with Crippen LogP contribution >= 0.6 is 11.6 Å². The van der Waals surface area contributed by atoms with Gasteiger partial charge in [0.1, 0.15) is 22.3 Å². The molecule has 0 unspecified atom stereocenters. The normalized spacial score (nSPS) is 11.3. The maximum atomic E-state index is 6.36. The van der Waals surface area contributed by atoms with Crippen LogP contribution in [-0.2, 0) is 0 Å². The highest BCUT2D eigenvalue weighted by molar-refractivity contribution is 6.30. The molecule has 0 aliphatic rings. The van der Waals surface area contributed by atoms with Gasteiger partial charge in [0.25, 0.3) is 0 Å². The number of furan rings is 2. The summed E-state index contributed by atoms with van der Waals surface area (Å²) < 4.78 is 12.6. The molecule has 92 heavy (non-hydrogen) atoms. The summed E-state index contributed by atoms with van der Waals surface area (Å²) in [5.41, 5.74) is 20.4. The van der Waals surface area contributed by atoms with Gasteiger partial charge in [-0.25, -0.2) is 0 Å². The Morgan fingerprint density at radius 1 is 0.196 bits per heavy atom. The van der Waals surface area contributed by atoms with Gasteiger partial charge in [-0.05, 0) is 154 Å². The summed E-state index contributed by atoms with van der Waals surface area (Å²) >= 11 is 6.19. The zero-order chi connectivity index (χ0) is 61.3. The zero-order valence-electron chi connectivity index (χ0n) is 50.0. The van der Waals surface area contributed by atoms with Crippen molar-refractivity contribution in [3.8, 4) is 33.4 Å². The van der Waals surface area contributed by atoms with Crippen molar-refractivity contribution >= 4 is 128 Å². The highest BCUT2D eigenvalue weighted by Crippen LogP contribution is 2.49. The number of benzene rings is 15. The molecule has 2 aromatic heterocycles. The van der Waals surface area contributed by atoms with Gasteiger partial charge in [0, 0.05) is 54.9 Å². The van der Waals surface area contributed by atoms with E-state index in [-0.39, 0.29) is 0 Å². The summed E-state index contributed by atoms with van der Waals surface area (Å²) in [4.78, 5) is 7.07. The smallest absolute Gasteiger partial charge is 0.137 e. The molecule has 17 aromatic rings. The van der Waals surface area contributed by atoms with Gasteiger partial charge < -0.3 is 23.5 Å². The van der Waals surface area contributed by atoms with Crippen LogP contribution in [0, 0.1) is 0 Å². The summed E-state index contributed by atoms with van der Waals surface area (Å²) in [6.07, 6.45) is 0. The molecular weight excluding hydrogens is 1140 g/mol. The van der Waals surface area contributed by atoms with E-state index in [1.165, 1.54) is 43.8 Å². The van der Waals surface area contributed by atoms with E-state index in [4.69, 9.17) is 20.4 Å². The van der Waals surface area contributed by atoms with Crippen LogP contribution in [0.3, 0.4) is 0 Å². The topological polar surface area (TPSA) is 36.0 Å². The second-order valence-electron chi connectivity index (χ2n) is 22.8. The van der Waals surface area contributed by atoms with E-state index in [1.807, 2.05) is 42.5 Å². The maximum Gasteiger partial charge on any atom is 0.137 e. The second kappa shape index (κ2) is 24.2. The van der Waals surface area contributed by atoms with Crippen molar-refractivity contribution < 1.29 is 8.83 Å². The Balaban J connectivity index is 0.000000158. The van der Waals surface area contributed by atoms with E-state index < -0.39 is 0 Å². The van der Waals surface area contributed by atoms with Crippen molar-refractivity contribution in [2.45, 2.75) is 0 Å². The van der Waals surface area contributed by atoms with E-state index in [1.54, 1.807) is 0 Å². The largest absolute Gasteiger partial charge is 0.456 e. The Kier molecular flexibility index (Phi) is 14.6. The van der Waals surface area contributed by atoms with Gasteiger partial charge in [0.15, 0.2) is 0 Å². The predicted octanol–water partition coefficient (Wildman–Crippen LogP) is 25.5. The Hall–Kier alpha value is -11.9. The maximum absolute atomic E-state index is 6.36. The number of hydrogen-bond acceptors (Lipinski definition) is 5. The zero-order valence-corrected chi connectivity index (χ0v) is 50.8. The molecule has 0 radical (unpaired) electrons. The molecule has 0 aliphatic heterocycles. The van der Waals surface area contributed by atoms with Gasteiger partial charge in [0.2, 0.25) is 0 Å². The third-order valence-electron chi connectivity index (χ3n) is 17.4. The molecule has 0 N–H and O–H groups in total. The second-order valence-corrected chi connectivity index (χ2v) is 23.2. The van der Waals surface area contributed by atoms with E-state index in [2.05, 4.69) is 324 Å². The third-order valence-corrected chi connectivity index (χ3v) is 17.6. The molecule has 6 heteroatoms. The molecule has 2 heterocycles. The fourth-order valence-electron chi connectivity index (χ4n) is 13.3. The van der Waals surface area contributed by atoms with Crippen LogP contribution in [0.4, 0.5) is 51.2 Å². The number of fused-ring (bicyclic) bond motifs is 8. The summed E-state index contributed by atoms with van der Waals surface area (Å²) in [5.74, 6) is 0. The Morgan fingerprint density at radius 2 is 0.533 bits per heavy atom. The van der Waals surface area contributed by atoms with E-state index >= 15 is 0 Å². The molecule has 0 spiro atoms. The van der Waals surface area contributed by atoms with Crippen molar-refractivity contribution in [3.63, 3.8) is 0 Å². The van der Waals surface area contributed by atoms with Gasteiger partial charge >= 0.3 is 0 Å². The first-order valence-corrected chi connectivity index (χ1v) is 31.4. The Bertz CT molecular complexity index is 5480. The van der Waals surface area contributed by atoms with Crippen molar-refractivity contribution in [1.82, 2.24) is 0 Å². The molecule has 0 saturated heterocycles. The molecule has 0 saturated carbocycles. The molecular formula is C86H58ClN3O2. The summed E-state index contributed by atoms with van der Waals surface area (Å²) in [6, 6.07) is 124. The lowest BCUT2D eigenvalue weighted by molar-refractivity contribution is 0.668. The van der Waals surface area contributed by atoms with E-state index in [0.717, 1.165) is 111 Å². The predicted molar refractivity (Wildman–Crippen MR) is 388 cm³/mol. The fraction of sp³-hybridized carbons (Fsp3) is 0. The molecule has 17 rings (SSSR count). The number of hydrogen-bond donors (Lipinski definition) is 0. The van der Waals surface area contributed by atoms with Gasteiger partial charge in [0.05, 0.1) is 39.2 Å². The van der Waals surface area contributed by atoms with Crippen LogP contribution in [-0.4, -0.2) is 0 Å². The molecule has 15 aromatic carbocycles. The number of para-hydroxylation sites is 6. The monoisotopic (exact) mass is 1200 g/mol. The van der Waals surface area contributed by atoms with Crippen LogP contribution in [0.15, 0.2) is 361 Å². The average molecular weight is 1200 g/mol. The third kappa shape index (κ3) is 10.2. The molecule has 5 nitrogen and oxygen atoms in total. The minimum Gasteiger partial charge on any atom is -0.456 e. The Labute approximate surface area is 538 Å². The molecule has 0 aliphatic carbocycles. The lowest BCUT2D eigenvalue weighted by atomic mass is 9.95. The standard InChI is InChI=1S/C52H36N2O.C34H22ClNO/c1-4-17-37(18-5-1)43-23-12-14-27-47(43)53(39-19-6-2-7-20-39)41-33-31-38(32-34-41)42-35-36-48(45-25-11-10-24-44(42)45)54(40-21-8-3-9-22-40)49-28-16-30-51-52(49)46-26-13-15-29-50(46)55-51;35-24-19-17-23(18-20-24)26-21-22-30(28-12-5-4-11-27(26)28)36(25-9-2-1-3-10-25)31-14-8-16-33-34(31)29-13-6-7-15-32(29)37-33/h1-36H;1-22H. The van der Waals surface area contributed by atoms with Gasteiger partial charge in [-0.3, -0.25) is 0 Å². The minimum atomic E-state index is 0.736. The van der Waals surface area contributed by atoms with Crippen molar-refractivity contribution in [2.24, 2.45) is 0 Å². The molecule has 0 fully saturated rings. The first-order chi connectivity index (χ1) is 45.6. The Morgan fingerprint density at radius 3 is 1.01 bits per heavy atom. The van der Waals surface area contributed by atoms with Crippen molar-refractivity contribution in [1.29, 1.82) is 0 Å². The number of halogens is 1. The van der Waals surface area contributed by atoms with E-state index in [0.29, 0.717) is 0 Å². The number of anilines is 9. The van der Waals surface area contributed by atoms with Crippen LogP contribution in [0.25, 0.3) is 98.8 Å². The summed E-state index contributed by atoms with van der Waals surface area (Å²) in [6.45, 7) is 0. The average Bonchev–Trinajstić information content (AvgIpc) is 1.35. The quantitative estimate of drug-likeness (QED) is 0.122. The summed E-state index contributed by atoms with van der Waals surface area (Å²) in [5, 5.41) is 9.86. The lowest BCUT2D eigenvalue weighted by Crippen LogP contribution is -2.11. The lowest BCUT2D eigenvalue weighted by Gasteiger charge is -2.28. The van der Waals surface area contributed by atoms with Crippen molar-refractivity contribution in [3.05, 3.63) is 357 Å². The first-order valence-electron chi connectivity index (χ1n) is 31.0. The van der Waals surface area contributed by atoms with Crippen LogP contribution in [0.2, 0.25) is 5.02 Å². The number of rotatable bonds is 12. The van der Waals surface area contributed by atoms with Crippen LogP contribution in [0.5, 0.6) is 0 Å². The molecule has 436 valence electrons. The SMILES string of the molecule is Clc1ccc(-c2ccc(N(c3ccccc3)c3cccc4oc5ccccc5c34)c3ccccc23)cc1.c1ccc(-c2ccccc2N(c2ccccc2)c2ccc(-c3ccc(N(c4ccccc4)c4cccc5oc6ccccc6c45)c4ccccc34)cc2)cc1. The van der Waals surface area contributed by atoms with Crippen molar-refractivity contribution in [2.75, 3.05) is 14.7 Å². The number of nitrogens with zero attached hydrogens (tertiary/aromatic N) is 3. The summed E-state index contributed by atoms with van der Waals surface area (Å²) in [7, 11) is 0. The molecule has 0 bridgehead atoms. The minimum absolute atomic E-state index is 0.736. The van der Waals surface area contributed by atoms with Gasteiger partial charge in [-0.2, -0.15) is 0 Å². The van der Waals surface area contributed by atoms with E-state index in [9.17, 15) is 0 Å². The molecule has 0 amide bonds. The van der Waals surface area contributed by atoms with Gasteiger partial charge in [-0.15, -0.1) is 0 Å².